The van der Waals surface area contributed by atoms with Gasteiger partial charge in [0.15, 0.2) is 5.75 Å². The minimum Gasteiger partial charge on any atom is -0.490 e. The molecule has 1 unspecified atom stereocenters. The molecule has 0 fully saturated rings. The van der Waals surface area contributed by atoms with Crippen LogP contribution in [0.3, 0.4) is 0 Å². The van der Waals surface area contributed by atoms with Gasteiger partial charge in [-0.2, -0.15) is 0 Å². The fraction of sp³-hybridized carbons (Fsp3) is 0.278. The van der Waals surface area contributed by atoms with Crippen molar-refractivity contribution < 1.29 is 14.5 Å². The maximum Gasteiger partial charge on any atom is 0.311 e. The molecule has 2 rings (SSSR count). The molecule has 7 nitrogen and oxygen atoms in total. The highest BCUT2D eigenvalue weighted by Gasteiger charge is 2.20. The van der Waals surface area contributed by atoms with Crippen molar-refractivity contribution in [2.75, 3.05) is 27.7 Å². The highest BCUT2D eigenvalue weighted by atomic mass is 16.6. The molecule has 0 radical (unpaired) electrons. The molecular weight excluding hydrogens is 322 g/mol. The van der Waals surface area contributed by atoms with Crippen LogP contribution in [0.4, 0.5) is 5.69 Å². The van der Waals surface area contributed by atoms with Gasteiger partial charge in [-0.15, -0.1) is 0 Å². The molecule has 7 heteroatoms. The van der Waals surface area contributed by atoms with E-state index in [4.69, 9.17) is 4.74 Å². The predicted molar refractivity (Wildman–Crippen MR) is 94.9 cm³/mol. The van der Waals surface area contributed by atoms with Gasteiger partial charge in [0.2, 0.25) is 0 Å². The Balaban J connectivity index is 2.13. The quantitative estimate of drug-likeness (QED) is 0.617. The first-order chi connectivity index (χ1) is 11.9. The number of hydrogen-bond donors (Lipinski definition) is 1. The van der Waals surface area contributed by atoms with Crippen LogP contribution in [0.5, 0.6) is 5.75 Å². The maximum absolute atomic E-state index is 12.4. The summed E-state index contributed by atoms with van der Waals surface area (Å²) in [6.45, 7) is 0.385. The van der Waals surface area contributed by atoms with E-state index in [0.29, 0.717) is 6.54 Å². The van der Waals surface area contributed by atoms with Crippen LogP contribution in [0.2, 0.25) is 0 Å². The standard InChI is InChI=1S/C18H21N3O4/c1-20(2)16(13-7-5-4-6-8-13)12-19-18(22)14-9-10-17(25-3)15(11-14)21(23)24/h4-11,16H,12H2,1-3H3,(H,19,22). The van der Waals surface area contributed by atoms with Crippen LogP contribution in [0.15, 0.2) is 48.5 Å². The third kappa shape index (κ3) is 4.54. The fourth-order valence-corrected chi connectivity index (χ4v) is 2.54. The van der Waals surface area contributed by atoms with E-state index in [1.54, 1.807) is 0 Å². The van der Waals surface area contributed by atoms with Gasteiger partial charge >= 0.3 is 5.69 Å². The Bertz CT molecular complexity index is 747. The number of nitrogens with zero attached hydrogens (tertiary/aromatic N) is 2. The summed E-state index contributed by atoms with van der Waals surface area (Å²) >= 11 is 0. The molecule has 2 aromatic carbocycles. The van der Waals surface area contributed by atoms with Crippen molar-refractivity contribution in [2.24, 2.45) is 0 Å². The SMILES string of the molecule is COc1ccc(C(=O)NCC(c2ccccc2)N(C)C)cc1[N+](=O)[O-]. The van der Waals surface area contributed by atoms with Gasteiger partial charge in [0.05, 0.1) is 18.1 Å². The topological polar surface area (TPSA) is 84.7 Å². The molecule has 0 bridgehead atoms. The summed E-state index contributed by atoms with van der Waals surface area (Å²) < 4.78 is 4.95. The number of nitrogens with one attached hydrogen (secondary N) is 1. The number of carbonyl (C=O) groups is 1. The van der Waals surface area contributed by atoms with Crippen molar-refractivity contribution in [1.29, 1.82) is 0 Å². The van der Waals surface area contributed by atoms with Gasteiger partial charge in [-0.3, -0.25) is 14.9 Å². The van der Waals surface area contributed by atoms with Gasteiger partial charge in [-0.1, -0.05) is 30.3 Å². The summed E-state index contributed by atoms with van der Waals surface area (Å²) in [6, 6.07) is 14.0. The lowest BCUT2D eigenvalue weighted by atomic mass is 10.1. The van der Waals surface area contributed by atoms with Crippen LogP contribution >= 0.6 is 0 Å². The monoisotopic (exact) mass is 343 g/mol. The summed E-state index contributed by atoms with van der Waals surface area (Å²) in [4.78, 5) is 24.9. The number of nitro benzene ring substituents is 1. The molecule has 0 saturated carbocycles. The molecule has 0 aliphatic rings. The number of likely N-dealkylation sites (N-methyl/N-ethyl adjacent to an activating group) is 1. The van der Waals surface area contributed by atoms with E-state index in [0.717, 1.165) is 5.56 Å². The number of ether oxygens (including phenoxy) is 1. The van der Waals surface area contributed by atoms with Gasteiger partial charge < -0.3 is 15.0 Å². The Morgan fingerprint density at radius 2 is 1.92 bits per heavy atom. The number of nitro groups is 1. The Morgan fingerprint density at radius 1 is 1.24 bits per heavy atom. The third-order valence-electron chi connectivity index (χ3n) is 3.90. The largest absolute Gasteiger partial charge is 0.490 e. The van der Waals surface area contributed by atoms with E-state index in [-0.39, 0.29) is 28.9 Å². The second kappa shape index (κ2) is 8.25. The number of rotatable bonds is 7. The Morgan fingerprint density at radius 3 is 2.48 bits per heavy atom. The van der Waals surface area contributed by atoms with Crippen molar-refractivity contribution in [1.82, 2.24) is 10.2 Å². The van der Waals surface area contributed by atoms with Crippen LogP contribution < -0.4 is 10.1 Å². The minimum absolute atomic E-state index is 0.00150. The Labute approximate surface area is 146 Å². The van der Waals surface area contributed by atoms with Crippen molar-refractivity contribution >= 4 is 11.6 Å². The molecule has 132 valence electrons. The summed E-state index contributed by atoms with van der Waals surface area (Å²) in [5, 5.41) is 13.9. The molecule has 0 aliphatic carbocycles. The zero-order valence-electron chi connectivity index (χ0n) is 14.4. The van der Waals surface area contributed by atoms with E-state index in [9.17, 15) is 14.9 Å². The van der Waals surface area contributed by atoms with Crippen molar-refractivity contribution in [2.45, 2.75) is 6.04 Å². The molecule has 2 aromatic rings. The van der Waals surface area contributed by atoms with Crippen LogP contribution in [-0.2, 0) is 0 Å². The maximum atomic E-state index is 12.4. The molecule has 0 saturated heterocycles. The predicted octanol–water partition coefficient (Wildman–Crippen LogP) is 2.64. The van der Waals surface area contributed by atoms with E-state index >= 15 is 0 Å². The first kappa shape index (κ1) is 18.4. The fourth-order valence-electron chi connectivity index (χ4n) is 2.54. The van der Waals surface area contributed by atoms with E-state index < -0.39 is 4.92 Å². The van der Waals surface area contributed by atoms with Gasteiger partial charge in [0.25, 0.3) is 5.91 Å². The summed E-state index contributed by atoms with van der Waals surface area (Å²) in [7, 11) is 5.22. The van der Waals surface area contributed by atoms with Crippen molar-refractivity contribution in [3.8, 4) is 5.75 Å². The molecular formula is C18H21N3O4. The molecule has 0 aliphatic heterocycles. The average molecular weight is 343 g/mol. The van der Waals surface area contributed by atoms with Crippen molar-refractivity contribution in [3.63, 3.8) is 0 Å². The average Bonchev–Trinajstić information content (AvgIpc) is 2.61. The summed E-state index contributed by atoms with van der Waals surface area (Å²) in [5.41, 5.74) is 1.06. The molecule has 25 heavy (non-hydrogen) atoms. The minimum atomic E-state index is -0.567. The van der Waals surface area contributed by atoms with E-state index in [1.807, 2.05) is 49.3 Å². The van der Waals surface area contributed by atoms with Crippen LogP contribution in [0, 0.1) is 10.1 Å². The second-order valence-electron chi connectivity index (χ2n) is 5.74. The van der Waals surface area contributed by atoms with Gasteiger partial charge in [-0.25, -0.2) is 0 Å². The third-order valence-corrected chi connectivity index (χ3v) is 3.90. The number of methoxy groups -OCH3 is 1. The molecule has 0 spiro atoms. The lowest BCUT2D eigenvalue weighted by molar-refractivity contribution is -0.385. The van der Waals surface area contributed by atoms with Crippen molar-refractivity contribution in [3.05, 3.63) is 69.8 Å². The number of carbonyl (C=O) groups excluding carboxylic acids is 1. The number of amides is 1. The van der Waals surface area contributed by atoms with Gasteiger partial charge in [0, 0.05) is 18.2 Å². The Kier molecular flexibility index (Phi) is 6.08. The zero-order chi connectivity index (χ0) is 18.4. The molecule has 0 aromatic heterocycles. The second-order valence-corrected chi connectivity index (χ2v) is 5.74. The number of hydrogen-bond acceptors (Lipinski definition) is 5. The molecule has 0 heterocycles. The normalized spacial score (nSPS) is 11.8. The first-order valence-corrected chi connectivity index (χ1v) is 7.76. The smallest absolute Gasteiger partial charge is 0.311 e. The van der Waals surface area contributed by atoms with Crippen LogP contribution in [-0.4, -0.2) is 43.5 Å². The summed E-state index contributed by atoms with van der Waals surface area (Å²) in [6.07, 6.45) is 0. The lowest BCUT2D eigenvalue weighted by Gasteiger charge is -2.25. The van der Waals surface area contributed by atoms with Crippen LogP contribution in [0.25, 0.3) is 0 Å². The van der Waals surface area contributed by atoms with E-state index in [1.165, 1.54) is 25.3 Å². The molecule has 1 N–H and O–H groups in total. The molecule has 1 atom stereocenters. The highest BCUT2D eigenvalue weighted by molar-refractivity contribution is 5.95. The molecule has 1 amide bonds. The first-order valence-electron chi connectivity index (χ1n) is 7.76. The lowest BCUT2D eigenvalue weighted by Crippen LogP contribution is -2.34. The van der Waals surface area contributed by atoms with Gasteiger partial charge in [0.1, 0.15) is 0 Å². The highest BCUT2D eigenvalue weighted by Crippen LogP contribution is 2.27. The zero-order valence-corrected chi connectivity index (χ0v) is 14.4. The van der Waals surface area contributed by atoms with Crippen LogP contribution in [0.1, 0.15) is 22.0 Å². The summed E-state index contributed by atoms with van der Waals surface area (Å²) in [5.74, 6) is -0.245. The van der Waals surface area contributed by atoms with E-state index in [2.05, 4.69) is 5.32 Å². The van der Waals surface area contributed by atoms with Gasteiger partial charge in [-0.05, 0) is 31.8 Å². The number of benzene rings is 2. The Hall–Kier alpha value is -2.93.